The van der Waals surface area contributed by atoms with Gasteiger partial charge in [-0.2, -0.15) is 0 Å². The lowest BCUT2D eigenvalue weighted by Crippen LogP contribution is -2.52. The fourth-order valence-electron chi connectivity index (χ4n) is 4.03. The maximum atomic E-state index is 12.1. The minimum atomic E-state index is -0.697. The average Bonchev–Trinajstić information content (AvgIpc) is 2.78. The van der Waals surface area contributed by atoms with Crippen LogP contribution in [-0.4, -0.2) is 60.9 Å². The number of piperidine rings is 1. The molecule has 2 aromatic rings. The molecule has 2 aliphatic heterocycles. The van der Waals surface area contributed by atoms with E-state index in [4.69, 9.17) is 14.2 Å². The van der Waals surface area contributed by atoms with Crippen molar-refractivity contribution in [1.29, 1.82) is 0 Å². The zero-order valence-corrected chi connectivity index (χ0v) is 19.1. The number of ether oxygens (including phenoxy) is 3. The van der Waals surface area contributed by atoms with Crippen LogP contribution in [0.2, 0.25) is 0 Å². The quantitative estimate of drug-likeness (QED) is 0.715. The highest BCUT2D eigenvalue weighted by molar-refractivity contribution is 5.94. The van der Waals surface area contributed by atoms with Gasteiger partial charge in [0.15, 0.2) is 0 Å². The van der Waals surface area contributed by atoms with Crippen LogP contribution in [0.3, 0.4) is 0 Å². The van der Waals surface area contributed by atoms with Gasteiger partial charge in [-0.15, -0.1) is 0 Å². The van der Waals surface area contributed by atoms with Crippen molar-refractivity contribution in [2.45, 2.75) is 45.2 Å². The molecule has 0 unspecified atom stereocenters. The predicted molar refractivity (Wildman–Crippen MR) is 120 cm³/mol. The Hall–Kier alpha value is -3.06. The summed E-state index contributed by atoms with van der Waals surface area (Å²) < 4.78 is 17.7. The van der Waals surface area contributed by atoms with Crippen LogP contribution < -0.4 is 4.74 Å². The van der Waals surface area contributed by atoms with Gasteiger partial charge < -0.3 is 24.0 Å². The molecule has 0 aromatic heterocycles. The standard InChI is InChI=1S/C25H30N2O5/c1-17(2)31-24(29)27-13-11-25(12-14-27)30-16-21-15-20(9-10-22(21)32-25)18-5-7-19(8-6-18)23(28)26(3)4/h5-10,15,17H,11-14,16H2,1-4H3. The minimum Gasteiger partial charge on any atom is -0.462 e. The lowest BCUT2D eigenvalue weighted by molar-refractivity contribution is -0.226. The Kier molecular flexibility index (Phi) is 6.11. The van der Waals surface area contributed by atoms with Crippen LogP contribution in [0.4, 0.5) is 4.79 Å². The summed E-state index contributed by atoms with van der Waals surface area (Å²) in [6.07, 6.45) is 0.784. The molecule has 4 rings (SSSR count). The number of benzene rings is 2. The second kappa shape index (κ2) is 8.82. The molecule has 0 aliphatic carbocycles. The molecule has 170 valence electrons. The van der Waals surface area contributed by atoms with Crippen LogP contribution >= 0.6 is 0 Å². The van der Waals surface area contributed by atoms with E-state index in [-0.39, 0.29) is 18.1 Å². The molecule has 0 bridgehead atoms. The Morgan fingerprint density at radius 1 is 1.03 bits per heavy atom. The molecule has 7 nitrogen and oxygen atoms in total. The molecule has 1 spiro atoms. The van der Waals surface area contributed by atoms with Crippen LogP contribution in [0.5, 0.6) is 5.75 Å². The number of rotatable bonds is 3. The van der Waals surface area contributed by atoms with Crippen molar-refractivity contribution in [3.8, 4) is 16.9 Å². The van der Waals surface area contributed by atoms with Gasteiger partial charge in [0.05, 0.1) is 12.7 Å². The highest BCUT2D eigenvalue weighted by Crippen LogP contribution is 2.39. The molecule has 0 atom stereocenters. The summed E-state index contributed by atoms with van der Waals surface area (Å²) in [6.45, 7) is 5.23. The topological polar surface area (TPSA) is 68.3 Å². The van der Waals surface area contributed by atoms with Gasteiger partial charge in [-0.1, -0.05) is 18.2 Å². The van der Waals surface area contributed by atoms with E-state index in [1.54, 1.807) is 23.9 Å². The Balaban J connectivity index is 1.43. The fraction of sp³-hybridized carbons (Fsp3) is 0.440. The second-order valence-corrected chi connectivity index (χ2v) is 8.82. The van der Waals surface area contributed by atoms with Gasteiger partial charge in [0, 0.05) is 51.2 Å². The molecular formula is C25H30N2O5. The van der Waals surface area contributed by atoms with Crippen molar-refractivity contribution in [2.24, 2.45) is 0 Å². The van der Waals surface area contributed by atoms with Gasteiger partial charge in [0.25, 0.3) is 5.91 Å². The molecule has 1 saturated heterocycles. The molecule has 2 amide bonds. The van der Waals surface area contributed by atoms with Crippen LogP contribution in [-0.2, 0) is 16.1 Å². The highest BCUT2D eigenvalue weighted by Gasteiger charge is 2.42. The maximum absolute atomic E-state index is 12.1. The Bertz CT molecular complexity index is 992. The first-order chi connectivity index (χ1) is 15.3. The van der Waals surface area contributed by atoms with Gasteiger partial charge in [0.2, 0.25) is 5.79 Å². The fourth-order valence-corrected chi connectivity index (χ4v) is 4.03. The van der Waals surface area contributed by atoms with E-state index in [0.29, 0.717) is 38.1 Å². The van der Waals surface area contributed by atoms with Crippen molar-refractivity contribution in [3.05, 3.63) is 53.6 Å². The SMILES string of the molecule is CC(C)OC(=O)N1CCC2(CC1)OCc1cc(-c3ccc(C(=O)N(C)C)cc3)ccc1O2. The van der Waals surface area contributed by atoms with Gasteiger partial charge in [-0.05, 0) is 49.2 Å². The number of carbonyl (C=O) groups excluding carboxylic acids is 2. The molecule has 2 aliphatic rings. The third-order valence-corrected chi connectivity index (χ3v) is 5.84. The summed E-state index contributed by atoms with van der Waals surface area (Å²) in [5.74, 6) is 0.104. The Labute approximate surface area is 188 Å². The van der Waals surface area contributed by atoms with E-state index in [1.165, 1.54) is 0 Å². The van der Waals surface area contributed by atoms with Gasteiger partial charge >= 0.3 is 6.09 Å². The molecule has 1 fully saturated rings. The third-order valence-electron chi connectivity index (χ3n) is 5.84. The summed E-state index contributed by atoms with van der Waals surface area (Å²) in [5, 5.41) is 0. The number of hydrogen-bond donors (Lipinski definition) is 0. The van der Waals surface area contributed by atoms with Gasteiger partial charge in [-0.3, -0.25) is 4.79 Å². The lowest BCUT2D eigenvalue weighted by atomic mass is 9.98. The van der Waals surface area contributed by atoms with E-state index in [2.05, 4.69) is 6.07 Å². The van der Waals surface area contributed by atoms with E-state index in [0.717, 1.165) is 22.4 Å². The van der Waals surface area contributed by atoms with Crippen molar-refractivity contribution >= 4 is 12.0 Å². The van der Waals surface area contributed by atoms with E-state index < -0.39 is 5.79 Å². The van der Waals surface area contributed by atoms with Crippen molar-refractivity contribution in [1.82, 2.24) is 9.80 Å². The predicted octanol–water partition coefficient (Wildman–Crippen LogP) is 4.30. The number of carbonyl (C=O) groups is 2. The number of amides is 2. The van der Waals surface area contributed by atoms with Crippen molar-refractivity contribution < 1.29 is 23.8 Å². The third kappa shape index (κ3) is 4.58. The normalized spacial score (nSPS) is 17.0. The van der Waals surface area contributed by atoms with Crippen molar-refractivity contribution in [2.75, 3.05) is 27.2 Å². The summed E-state index contributed by atoms with van der Waals surface area (Å²) in [7, 11) is 3.49. The van der Waals surface area contributed by atoms with E-state index in [9.17, 15) is 9.59 Å². The van der Waals surface area contributed by atoms with Crippen molar-refractivity contribution in [3.63, 3.8) is 0 Å². The molecule has 2 aromatic carbocycles. The van der Waals surface area contributed by atoms with E-state index >= 15 is 0 Å². The summed E-state index contributed by atoms with van der Waals surface area (Å²) in [5.41, 5.74) is 3.72. The van der Waals surface area contributed by atoms with Gasteiger partial charge in [-0.25, -0.2) is 4.79 Å². The zero-order valence-electron chi connectivity index (χ0n) is 19.1. The van der Waals surface area contributed by atoms with Crippen LogP contribution in [0.25, 0.3) is 11.1 Å². The summed E-state index contributed by atoms with van der Waals surface area (Å²) >= 11 is 0. The zero-order chi connectivity index (χ0) is 22.9. The number of hydrogen-bond acceptors (Lipinski definition) is 5. The van der Waals surface area contributed by atoms with Crippen LogP contribution in [0, 0.1) is 0 Å². The van der Waals surface area contributed by atoms with Gasteiger partial charge in [0.1, 0.15) is 5.75 Å². The smallest absolute Gasteiger partial charge is 0.410 e. The number of fused-ring (bicyclic) bond motifs is 1. The lowest BCUT2D eigenvalue weighted by Gasteiger charge is -2.43. The minimum absolute atomic E-state index is 0.0161. The first kappa shape index (κ1) is 22.1. The molecule has 32 heavy (non-hydrogen) atoms. The van der Waals surface area contributed by atoms with Crippen LogP contribution in [0.1, 0.15) is 42.6 Å². The molecule has 0 N–H and O–H groups in total. The molecule has 0 saturated carbocycles. The van der Waals surface area contributed by atoms with Crippen LogP contribution in [0.15, 0.2) is 42.5 Å². The summed E-state index contributed by atoms with van der Waals surface area (Å²) in [6, 6.07) is 13.7. The molecule has 0 radical (unpaired) electrons. The first-order valence-corrected chi connectivity index (χ1v) is 11.0. The maximum Gasteiger partial charge on any atom is 0.410 e. The first-order valence-electron chi connectivity index (χ1n) is 11.0. The molecular weight excluding hydrogens is 408 g/mol. The number of nitrogens with zero attached hydrogens (tertiary/aromatic N) is 2. The summed E-state index contributed by atoms with van der Waals surface area (Å²) in [4.78, 5) is 27.5. The molecule has 2 heterocycles. The number of likely N-dealkylation sites (tertiary alicyclic amines) is 1. The largest absolute Gasteiger partial charge is 0.462 e. The average molecular weight is 439 g/mol. The highest BCUT2D eigenvalue weighted by atomic mass is 16.7. The second-order valence-electron chi connectivity index (χ2n) is 8.82. The Morgan fingerprint density at radius 2 is 1.69 bits per heavy atom. The monoisotopic (exact) mass is 438 g/mol. The molecule has 7 heteroatoms. The Morgan fingerprint density at radius 3 is 2.31 bits per heavy atom. The van der Waals surface area contributed by atoms with E-state index in [1.807, 2.05) is 50.2 Å².